The van der Waals surface area contributed by atoms with Crippen LogP contribution in [0.5, 0.6) is 11.5 Å². The van der Waals surface area contributed by atoms with Crippen molar-refractivity contribution in [2.75, 3.05) is 12.4 Å². The third-order valence-electron chi connectivity index (χ3n) is 3.69. The molecule has 0 aliphatic carbocycles. The number of carbonyl (C=O) groups is 1. The second kappa shape index (κ2) is 8.60. The summed E-state index contributed by atoms with van der Waals surface area (Å²) in [4.78, 5) is 12.4. The number of nitrogens with one attached hydrogen (secondary N) is 1. The molecule has 2 rings (SSSR count). The lowest BCUT2D eigenvalue weighted by molar-refractivity contribution is -0.122. The van der Waals surface area contributed by atoms with Crippen LogP contribution in [0.25, 0.3) is 0 Å². The van der Waals surface area contributed by atoms with Crippen LogP contribution in [0.15, 0.2) is 42.5 Å². The lowest BCUT2D eigenvalue weighted by Crippen LogP contribution is -2.32. The molecule has 1 N–H and O–H groups in total. The summed E-state index contributed by atoms with van der Waals surface area (Å²) in [6.45, 7) is 4.00. The van der Waals surface area contributed by atoms with Gasteiger partial charge in [-0.3, -0.25) is 4.79 Å². The second-order valence-electron chi connectivity index (χ2n) is 5.35. The van der Waals surface area contributed by atoms with Gasteiger partial charge in [-0.25, -0.2) is 0 Å². The Hall–Kier alpha value is -2.20. The highest BCUT2D eigenvalue weighted by molar-refractivity contribution is 6.32. The number of ether oxygens (including phenoxy) is 2. The number of halogens is 1. The van der Waals surface area contributed by atoms with E-state index >= 15 is 0 Å². The Bertz CT molecular complexity index is 686. The molecule has 1 amide bonds. The van der Waals surface area contributed by atoms with Gasteiger partial charge in [0.05, 0.1) is 12.1 Å². The number of hydrogen-bond donors (Lipinski definition) is 1. The Morgan fingerprint density at radius 3 is 2.42 bits per heavy atom. The minimum Gasteiger partial charge on any atom is -0.495 e. The first-order valence-corrected chi connectivity index (χ1v) is 8.35. The molecule has 0 unspecified atom stereocenters. The van der Waals surface area contributed by atoms with Crippen LogP contribution in [-0.4, -0.2) is 19.1 Å². The smallest absolute Gasteiger partial charge is 0.265 e. The van der Waals surface area contributed by atoms with Gasteiger partial charge in [0, 0.05) is 5.69 Å². The third kappa shape index (κ3) is 4.65. The van der Waals surface area contributed by atoms with Crippen molar-refractivity contribution < 1.29 is 14.3 Å². The van der Waals surface area contributed by atoms with Crippen LogP contribution < -0.4 is 14.8 Å². The highest BCUT2D eigenvalue weighted by Gasteiger charge is 2.19. The van der Waals surface area contributed by atoms with E-state index < -0.39 is 6.10 Å². The molecule has 1 atom stereocenters. The van der Waals surface area contributed by atoms with E-state index in [0.29, 0.717) is 28.6 Å². The summed E-state index contributed by atoms with van der Waals surface area (Å²) < 4.78 is 10.9. The summed E-state index contributed by atoms with van der Waals surface area (Å²) in [5.41, 5.74) is 1.84. The average Bonchev–Trinajstić information content (AvgIpc) is 2.60. The summed E-state index contributed by atoms with van der Waals surface area (Å²) in [6, 6.07) is 12.9. The maximum atomic E-state index is 12.4. The van der Waals surface area contributed by atoms with Crippen molar-refractivity contribution in [3.63, 3.8) is 0 Å². The Kier molecular flexibility index (Phi) is 6.50. The minimum absolute atomic E-state index is 0.210. The highest BCUT2D eigenvalue weighted by Crippen LogP contribution is 2.27. The number of carbonyl (C=O) groups excluding carboxylic acids is 1. The number of aryl methyl sites for hydroxylation is 1. The van der Waals surface area contributed by atoms with Gasteiger partial charge in [0.25, 0.3) is 5.91 Å². The number of amides is 1. The van der Waals surface area contributed by atoms with E-state index in [9.17, 15) is 4.79 Å². The number of methoxy groups -OCH3 is 1. The van der Waals surface area contributed by atoms with Crippen molar-refractivity contribution in [3.05, 3.63) is 53.1 Å². The van der Waals surface area contributed by atoms with Crippen LogP contribution in [0, 0.1) is 0 Å². The predicted molar refractivity (Wildman–Crippen MR) is 97.2 cm³/mol. The fourth-order valence-electron chi connectivity index (χ4n) is 2.26. The molecular formula is C19H22ClNO3. The van der Waals surface area contributed by atoms with Crippen molar-refractivity contribution in [1.82, 2.24) is 0 Å². The zero-order valence-electron chi connectivity index (χ0n) is 14.1. The summed E-state index contributed by atoms with van der Waals surface area (Å²) in [5, 5.41) is 3.27. The lowest BCUT2D eigenvalue weighted by Gasteiger charge is -2.18. The number of anilines is 1. The van der Waals surface area contributed by atoms with Gasteiger partial charge in [-0.2, -0.15) is 0 Å². The van der Waals surface area contributed by atoms with Gasteiger partial charge in [0.1, 0.15) is 11.5 Å². The minimum atomic E-state index is -0.571. The van der Waals surface area contributed by atoms with Gasteiger partial charge in [-0.05, 0) is 48.7 Å². The molecule has 2 aromatic carbocycles. The molecule has 0 saturated heterocycles. The molecule has 0 aliphatic rings. The second-order valence-corrected chi connectivity index (χ2v) is 5.76. The molecule has 4 nitrogen and oxygen atoms in total. The summed E-state index contributed by atoms with van der Waals surface area (Å²) in [7, 11) is 1.55. The molecule has 0 aromatic heterocycles. The Morgan fingerprint density at radius 1 is 1.17 bits per heavy atom. The number of hydrogen-bond acceptors (Lipinski definition) is 3. The normalized spacial score (nSPS) is 11.7. The van der Waals surface area contributed by atoms with Gasteiger partial charge >= 0.3 is 0 Å². The van der Waals surface area contributed by atoms with Crippen molar-refractivity contribution in [2.45, 2.75) is 32.8 Å². The predicted octanol–water partition coefficient (Wildman–Crippen LogP) is 4.71. The first kappa shape index (κ1) is 18.1. The molecule has 2 aromatic rings. The summed E-state index contributed by atoms with van der Waals surface area (Å²) in [5.74, 6) is 1.04. The van der Waals surface area contributed by atoms with Gasteiger partial charge in [-0.1, -0.05) is 37.6 Å². The number of benzene rings is 2. The third-order valence-corrected chi connectivity index (χ3v) is 3.99. The molecule has 0 radical (unpaired) electrons. The molecular weight excluding hydrogens is 326 g/mol. The maximum Gasteiger partial charge on any atom is 0.265 e. The Labute approximate surface area is 147 Å². The van der Waals surface area contributed by atoms with E-state index in [0.717, 1.165) is 6.42 Å². The van der Waals surface area contributed by atoms with E-state index in [4.69, 9.17) is 21.1 Å². The summed E-state index contributed by atoms with van der Waals surface area (Å²) in [6.07, 6.45) is 0.958. The molecule has 0 bridgehead atoms. The maximum absolute atomic E-state index is 12.4. The van der Waals surface area contributed by atoms with Gasteiger partial charge in [-0.15, -0.1) is 0 Å². The van der Waals surface area contributed by atoms with Crippen LogP contribution in [0.3, 0.4) is 0 Å². The van der Waals surface area contributed by atoms with Crippen molar-refractivity contribution >= 4 is 23.2 Å². The molecule has 128 valence electrons. The van der Waals surface area contributed by atoms with Crippen molar-refractivity contribution in [3.8, 4) is 11.5 Å². The summed E-state index contributed by atoms with van der Waals surface area (Å²) >= 11 is 6.08. The SMILES string of the molecule is CCc1ccc(O[C@@H](CC)C(=O)Nc2ccc(OC)c(Cl)c2)cc1. The molecule has 0 spiro atoms. The van der Waals surface area contributed by atoms with Crippen molar-refractivity contribution in [1.29, 1.82) is 0 Å². The quantitative estimate of drug-likeness (QED) is 0.789. The van der Waals surface area contributed by atoms with Crippen molar-refractivity contribution in [2.24, 2.45) is 0 Å². The molecule has 0 aliphatic heterocycles. The monoisotopic (exact) mass is 347 g/mol. The highest BCUT2D eigenvalue weighted by atomic mass is 35.5. The standard InChI is InChI=1S/C19H22ClNO3/c1-4-13-6-9-15(10-7-13)24-17(5-2)19(22)21-14-8-11-18(23-3)16(20)12-14/h6-12,17H,4-5H2,1-3H3,(H,21,22)/t17-/m0/s1. The van der Waals surface area contributed by atoms with Crippen LogP contribution >= 0.6 is 11.6 Å². The van der Waals surface area contributed by atoms with E-state index in [-0.39, 0.29) is 5.91 Å². The van der Waals surface area contributed by atoms with Gasteiger partial charge in [0.2, 0.25) is 0 Å². The van der Waals surface area contributed by atoms with Crippen LogP contribution in [0.4, 0.5) is 5.69 Å². The average molecular weight is 348 g/mol. The van der Waals surface area contributed by atoms with E-state index in [2.05, 4.69) is 12.2 Å². The fraction of sp³-hybridized carbons (Fsp3) is 0.316. The van der Waals surface area contributed by atoms with Gasteiger partial charge in [0.15, 0.2) is 6.10 Å². The zero-order chi connectivity index (χ0) is 17.5. The zero-order valence-corrected chi connectivity index (χ0v) is 14.9. The van der Waals surface area contributed by atoms with Crippen LogP contribution in [-0.2, 0) is 11.2 Å². The molecule has 0 heterocycles. The Morgan fingerprint density at radius 2 is 1.88 bits per heavy atom. The molecule has 0 saturated carbocycles. The first-order chi connectivity index (χ1) is 11.6. The molecule has 0 fully saturated rings. The van der Waals surface area contributed by atoms with Gasteiger partial charge < -0.3 is 14.8 Å². The van der Waals surface area contributed by atoms with E-state index in [1.165, 1.54) is 5.56 Å². The number of rotatable bonds is 7. The molecule has 24 heavy (non-hydrogen) atoms. The van der Waals surface area contributed by atoms with E-state index in [1.807, 2.05) is 31.2 Å². The largest absolute Gasteiger partial charge is 0.495 e. The van der Waals surface area contributed by atoms with E-state index in [1.54, 1.807) is 25.3 Å². The molecule has 5 heteroatoms. The first-order valence-electron chi connectivity index (χ1n) is 7.97. The fourth-order valence-corrected chi connectivity index (χ4v) is 2.51. The lowest BCUT2D eigenvalue weighted by atomic mass is 10.1. The van der Waals surface area contributed by atoms with Crippen LogP contribution in [0.1, 0.15) is 25.8 Å². The van der Waals surface area contributed by atoms with Crippen LogP contribution in [0.2, 0.25) is 5.02 Å². The topological polar surface area (TPSA) is 47.6 Å². The Balaban J connectivity index is 2.03.